The van der Waals surface area contributed by atoms with Crippen molar-refractivity contribution in [3.8, 4) is 5.75 Å². The number of ether oxygens (including phenoxy) is 1. The van der Waals surface area contributed by atoms with Gasteiger partial charge in [0.15, 0.2) is 0 Å². The summed E-state index contributed by atoms with van der Waals surface area (Å²) in [5.74, 6) is 1.24. The summed E-state index contributed by atoms with van der Waals surface area (Å²) >= 11 is 1.38. The first-order chi connectivity index (χ1) is 11.7. The summed E-state index contributed by atoms with van der Waals surface area (Å²) in [6, 6.07) is 12.4. The Labute approximate surface area is 146 Å². The Balaban J connectivity index is 1.78. The molecule has 3 aromatic rings. The molecule has 0 aliphatic carbocycles. The van der Waals surface area contributed by atoms with Crippen LogP contribution < -0.4 is 4.74 Å². The van der Waals surface area contributed by atoms with Gasteiger partial charge in [-0.25, -0.2) is 0 Å². The van der Waals surface area contributed by atoms with E-state index < -0.39 is 0 Å². The van der Waals surface area contributed by atoms with Gasteiger partial charge in [0.25, 0.3) is 0 Å². The number of methoxy groups -OCH3 is 1. The second kappa shape index (κ2) is 7.73. The molecule has 3 rings (SSSR count). The van der Waals surface area contributed by atoms with Gasteiger partial charge in [-0.3, -0.25) is 4.98 Å². The monoisotopic (exact) mass is 342 g/mol. The van der Waals surface area contributed by atoms with Crippen LogP contribution in [0.5, 0.6) is 5.75 Å². The van der Waals surface area contributed by atoms with Gasteiger partial charge in [0.05, 0.1) is 13.7 Å². The summed E-state index contributed by atoms with van der Waals surface area (Å²) in [5.41, 5.74) is 4.53. The summed E-state index contributed by atoms with van der Waals surface area (Å²) in [6.45, 7) is 2.82. The van der Waals surface area contributed by atoms with Crippen LogP contribution in [0.4, 0.5) is 0 Å². The highest BCUT2D eigenvalue weighted by atomic mass is 32.2. The van der Waals surface area contributed by atoms with Crippen LogP contribution in [-0.4, -0.2) is 23.3 Å². The number of hydrogen-bond acceptors (Lipinski definition) is 4. The maximum atomic E-state index is 5.44. The molecule has 126 valence electrons. The summed E-state index contributed by atoms with van der Waals surface area (Å²) in [5, 5.41) is 1.12. The van der Waals surface area contributed by atoms with Crippen LogP contribution in [0.3, 0.4) is 0 Å². The Kier molecular flexibility index (Phi) is 5.43. The summed E-state index contributed by atoms with van der Waals surface area (Å²) in [4.78, 5) is 8.00. The SMILES string of the molecule is COc1cccc2[nH]c(C(C)Cc3cc(COSC)ccn3)cc12. The molecule has 24 heavy (non-hydrogen) atoms. The first-order valence-electron chi connectivity index (χ1n) is 7.96. The minimum Gasteiger partial charge on any atom is -0.496 e. The number of nitrogens with zero attached hydrogens (tertiary/aromatic N) is 1. The van der Waals surface area contributed by atoms with E-state index in [1.807, 2.05) is 30.7 Å². The van der Waals surface area contributed by atoms with Crippen LogP contribution in [0.1, 0.15) is 29.8 Å². The van der Waals surface area contributed by atoms with Crippen molar-refractivity contribution in [2.24, 2.45) is 0 Å². The quantitative estimate of drug-likeness (QED) is 0.632. The van der Waals surface area contributed by atoms with Crippen molar-refractivity contribution in [1.82, 2.24) is 9.97 Å². The molecule has 0 aliphatic rings. The van der Waals surface area contributed by atoms with Crippen molar-refractivity contribution < 1.29 is 8.92 Å². The molecule has 4 nitrogen and oxygen atoms in total. The maximum absolute atomic E-state index is 5.44. The molecule has 0 fully saturated rings. The fraction of sp³-hybridized carbons (Fsp3) is 0.316. The molecule has 2 aromatic heterocycles. The first kappa shape index (κ1) is 16.9. The molecule has 1 atom stereocenters. The van der Waals surface area contributed by atoms with Crippen molar-refractivity contribution >= 4 is 22.9 Å². The van der Waals surface area contributed by atoms with Gasteiger partial charge in [-0.05, 0) is 54.4 Å². The highest BCUT2D eigenvalue weighted by Crippen LogP contribution is 2.29. The van der Waals surface area contributed by atoms with Gasteiger partial charge in [-0.15, -0.1) is 0 Å². The molecule has 1 aromatic carbocycles. The van der Waals surface area contributed by atoms with Crippen molar-refractivity contribution in [1.29, 1.82) is 0 Å². The maximum Gasteiger partial charge on any atom is 0.128 e. The predicted molar refractivity (Wildman–Crippen MR) is 99.5 cm³/mol. The van der Waals surface area contributed by atoms with E-state index in [1.54, 1.807) is 7.11 Å². The molecule has 5 heteroatoms. The van der Waals surface area contributed by atoms with Crippen LogP contribution in [0.15, 0.2) is 42.6 Å². The molecule has 0 amide bonds. The Morgan fingerprint density at radius 1 is 1.25 bits per heavy atom. The lowest BCUT2D eigenvalue weighted by Gasteiger charge is -2.10. The third kappa shape index (κ3) is 3.74. The molecule has 0 bridgehead atoms. The van der Waals surface area contributed by atoms with E-state index in [-0.39, 0.29) is 0 Å². The van der Waals surface area contributed by atoms with E-state index in [9.17, 15) is 0 Å². The van der Waals surface area contributed by atoms with Crippen molar-refractivity contribution in [2.45, 2.75) is 25.9 Å². The van der Waals surface area contributed by atoms with Crippen LogP contribution in [0.2, 0.25) is 0 Å². The molecule has 1 unspecified atom stereocenters. The minimum atomic E-state index is 0.339. The predicted octanol–water partition coefficient (Wildman–Crippen LogP) is 4.71. The molecule has 0 radical (unpaired) electrons. The molecular weight excluding hydrogens is 320 g/mol. The smallest absolute Gasteiger partial charge is 0.128 e. The molecule has 0 saturated carbocycles. The van der Waals surface area contributed by atoms with Crippen LogP contribution in [0, 0.1) is 0 Å². The molecule has 2 heterocycles. The highest BCUT2D eigenvalue weighted by molar-refractivity contribution is 7.93. The lowest BCUT2D eigenvalue weighted by Crippen LogP contribution is -2.01. The van der Waals surface area contributed by atoms with Crippen molar-refractivity contribution in [2.75, 3.05) is 13.4 Å². The lowest BCUT2D eigenvalue weighted by molar-refractivity contribution is 0.365. The second-order valence-corrected chi connectivity index (χ2v) is 6.40. The second-order valence-electron chi connectivity index (χ2n) is 5.84. The fourth-order valence-corrected chi connectivity index (χ4v) is 3.13. The summed E-state index contributed by atoms with van der Waals surface area (Å²) in [7, 11) is 1.71. The number of H-pyrrole nitrogens is 1. The number of nitrogens with one attached hydrogen (secondary N) is 1. The lowest BCUT2D eigenvalue weighted by atomic mass is 10.0. The Morgan fingerprint density at radius 2 is 2.12 bits per heavy atom. The van der Waals surface area contributed by atoms with Crippen LogP contribution in [-0.2, 0) is 17.2 Å². The van der Waals surface area contributed by atoms with Gasteiger partial charge in [0.2, 0.25) is 0 Å². The Hall–Kier alpha value is -1.98. The average Bonchev–Trinajstić information content (AvgIpc) is 3.04. The van der Waals surface area contributed by atoms with Gasteiger partial charge < -0.3 is 13.9 Å². The van der Waals surface area contributed by atoms with Gasteiger partial charge in [0.1, 0.15) is 5.75 Å². The van der Waals surface area contributed by atoms with E-state index in [4.69, 9.17) is 8.92 Å². The van der Waals surface area contributed by atoms with Gasteiger partial charge >= 0.3 is 0 Å². The number of hydrogen-bond donors (Lipinski definition) is 1. The van der Waals surface area contributed by atoms with E-state index in [0.717, 1.165) is 34.3 Å². The summed E-state index contributed by atoms with van der Waals surface area (Å²) in [6.07, 6.45) is 4.66. The topological polar surface area (TPSA) is 47.1 Å². The third-order valence-corrected chi connectivity index (χ3v) is 4.49. The number of aromatic amines is 1. The normalized spacial score (nSPS) is 12.5. The number of rotatable bonds is 7. The van der Waals surface area contributed by atoms with E-state index in [0.29, 0.717) is 12.5 Å². The van der Waals surface area contributed by atoms with Crippen molar-refractivity contribution in [3.63, 3.8) is 0 Å². The number of pyridine rings is 1. The zero-order valence-electron chi connectivity index (χ0n) is 14.2. The van der Waals surface area contributed by atoms with E-state index >= 15 is 0 Å². The fourth-order valence-electron chi connectivity index (χ4n) is 2.87. The zero-order valence-corrected chi connectivity index (χ0v) is 15.0. The minimum absolute atomic E-state index is 0.339. The molecule has 0 spiro atoms. The Bertz CT molecular complexity index is 816. The largest absolute Gasteiger partial charge is 0.496 e. The van der Waals surface area contributed by atoms with Gasteiger partial charge in [-0.2, -0.15) is 0 Å². The third-order valence-electron chi connectivity index (χ3n) is 4.14. The number of aromatic nitrogens is 2. The van der Waals surface area contributed by atoms with Crippen LogP contribution >= 0.6 is 12.0 Å². The number of fused-ring (bicyclic) bond motifs is 1. The molecule has 0 saturated heterocycles. The Morgan fingerprint density at radius 3 is 2.92 bits per heavy atom. The molecule has 0 aliphatic heterocycles. The molecular formula is C19H22N2O2S. The number of benzene rings is 1. The van der Waals surface area contributed by atoms with Gasteiger partial charge in [-0.1, -0.05) is 13.0 Å². The summed E-state index contributed by atoms with van der Waals surface area (Å²) < 4.78 is 10.8. The average molecular weight is 342 g/mol. The van der Waals surface area contributed by atoms with E-state index in [1.165, 1.54) is 17.7 Å². The van der Waals surface area contributed by atoms with E-state index in [2.05, 4.69) is 35.1 Å². The van der Waals surface area contributed by atoms with Crippen molar-refractivity contribution in [3.05, 3.63) is 59.5 Å². The highest BCUT2D eigenvalue weighted by Gasteiger charge is 2.13. The zero-order chi connectivity index (χ0) is 16.9. The van der Waals surface area contributed by atoms with Crippen LogP contribution in [0.25, 0.3) is 10.9 Å². The standard InChI is InChI=1S/C19H22N2O2S/c1-13(9-15-10-14(7-8-20-15)12-23-24-3)18-11-16-17(21-18)5-4-6-19(16)22-2/h4-8,10-11,13,21H,9,12H2,1-3H3. The molecule has 1 N–H and O–H groups in total. The first-order valence-corrected chi connectivity index (χ1v) is 9.11. The van der Waals surface area contributed by atoms with Gasteiger partial charge in [0, 0.05) is 40.7 Å².